The standard InChI is InChI=1S/C21H25N5O2S2/c1-2-14(13-27)24-20-18(19-4-3-11-29-19)12-23-21(26-20)25-15-5-7-16(8-6-15)30(22,28)17-9-10-17/h3-8,11-12,14,17,22,27H,2,9-10,13H2,1H3,(H2,23,24,25,26)/t14-,30?/m1/s1. The SMILES string of the molecule is CC[C@H](CO)Nc1nc(Nc2ccc(S(=N)(=O)C3CC3)cc2)ncc1-c1cccs1. The predicted octanol–water partition coefficient (Wildman–Crippen LogP) is 4.70. The van der Waals surface area contributed by atoms with Crippen molar-refractivity contribution in [1.29, 1.82) is 4.78 Å². The maximum atomic E-state index is 12.6. The monoisotopic (exact) mass is 443 g/mol. The van der Waals surface area contributed by atoms with Crippen LogP contribution < -0.4 is 10.6 Å². The minimum Gasteiger partial charge on any atom is -0.394 e. The quantitative estimate of drug-likeness (QED) is 0.381. The maximum Gasteiger partial charge on any atom is 0.229 e. The van der Waals surface area contributed by atoms with Crippen LogP contribution in [-0.4, -0.2) is 37.2 Å². The Balaban J connectivity index is 1.58. The summed E-state index contributed by atoms with van der Waals surface area (Å²) in [5.74, 6) is 1.09. The van der Waals surface area contributed by atoms with Crippen LogP contribution in [0.15, 0.2) is 52.9 Å². The summed E-state index contributed by atoms with van der Waals surface area (Å²) in [6, 6.07) is 11.0. The lowest BCUT2D eigenvalue weighted by Crippen LogP contribution is -2.23. The van der Waals surface area contributed by atoms with E-state index in [1.54, 1.807) is 41.8 Å². The Labute approximate surface area is 180 Å². The van der Waals surface area contributed by atoms with Crippen molar-refractivity contribution in [3.05, 3.63) is 48.0 Å². The zero-order valence-electron chi connectivity index (χ0n) is 16.7. The van der Waals surface area contributed by atoms with E-state index >= 15 is 0 Å². The van der Waals surface area contributed by atoms with Gasteiger partial charge in [0.2, 0.25) is 5.95 Å². The number of nitrogens with one attached hydrogen (secondary N) is 3. The second-order valence-electron chi connectivity index (χ2n) is 7.31. The van der Waals surface area contributed by atoms with Crippen molar-refractivity contribution in [2.45, 2.75) is 42.4 Å². The lowest BCUT2D eigenvalue weighted by molar-refractivity contribution is 0.271. The van der Waals surface area contributed by atoms with Gasteiger partial charge in [-0.2, -0.15) is 4.98 Å². The molecule has 1 aliphatic rings. The summed E-state index contributed by atoms with van der Waals surface area (Å²) >= 11 is 1.61. The van der Waals surface area contributed by atoms with Crippen LogP contribution in [0.25, 0.3) is 10.4 Å². The number of anilines is 3. The van der Waals surface area contributed by atoms with Gasteiger partial charge in [0, 0.05) is 26.9 Å². The maximum absolute atomic E-state index is 12.6. The molecule has 30 heavy (non-hydrogen) atoms. The molecule has 0 bridgehead atoms. The van der Waals surface area contributed by atoms with Gasteiger partial charge in [-0.1, -0.05) is 13.0 Å². The highest BCUT2D eigenvalue weighted by Gasteiger charge is 2.33. The van der Waals surface area contributed by atoms with Gasteiger partial charge in [-0.15, -0.1) is 11.3 Å². The van der Waals surface area contributed by atoms with Gasteiger partial charge in [0.1, 0.15) is 5.82 Å². The number of aliphatic hydroxyl groups is 1. The summed E-state index contributed by atoms with van der Waals surface area (Å²) < 4.78 is 20.7. The molecule has 1 aliphatic carbocycles. The van der Waals surface area contributed by atoms with Gasteiger partial charge < -0.3 is 15.7 Å². The number of nitrogens with zero attached hydrogens (tertiary/aromatic N) is 2. The molecule has 158 valence electrons. The van der Waals surface area contributed by atoms with Crippen molar-refractivity contribution in [2.24, 2.45) is 0 Å². The Morgan fingerprint density at radius 3 is 2.67 bits per heavy atom. The van der Waals surface area contributed by atoms with Gasteiger partial charge in [-0.05, 0) is 55.0 Å². The molecule has 0 radical (unpaired) electrons. The number of thiophene rings is 1. The number of hydrogen-bond acceptors (Lipinski definition) is 8. The van der Waals surface area contributed by atoms with Crippen LogP contribution in [-0.2, 0) is 9.73 Å². The highest BCUT2D eigenvalue weighted by atomic mass is 32.2. The van der Waals surface area contributed by atoms with Gasteiger partial charge in [-0.25, -0.2) is 14.0 Å². The number of benzene rings is 1. The highest BCUT2D eigenvalue weighted by molar-refractivity contribution is 7.93. The minimum atomic E-state index is -2.70. The van der Waals surface area contributed by atoms with E-state index in [0.29, 0.717) is 16.7 Å². The zero-order valence-corrected chi connectivity index (χ0v) is 18.3. The predicted molar refractivity (Wildman–Crippen MR) is 122 cm³/mol. The van der Waals surface area contributed by atoms with Crippen molar-refractivity contribution in [3.63, 3.8) is 0 Å². The van der Waals surface area contributed by atoms with E-state index in [4.69, 9.17) is 4.78 Å². The van der Waals surface area contributed by atoms with E-state index in [9.17, 15) is 9.32 Å². The van der Waals surface area contributed by atoms with Gasteiger partial charge in [0.15, 0.2) is 0 Å². The molecule has 2 atom stereocenters. The first kappa shape index (κ1) is 20.8. The smallest absolute Gasteiger partial charge is 0.229 e. The van der Waals surface area contributed by atoms with E-state index in [1.807, 2.05) is 24.4 Å². The molecule has 2 aromatic heterocycles. The van der Waals surface area contributed by atoms with E-state index in [1.165, 1.54) is 0 Å². The molecule has 1 fully saturated rings. The fourth-order valence-corrected chi connectivity index (χ4v) is 5.56. The molecule has 0 spiro atoms. The fraction of sp³-hybridized carbons (Fsp3) is 0.333. The Hall–Kier alpha value is -2.49. The van der Waals surface area contributed by atoms with Crippen LogP contribution in [0.4, 0.5) is 17.5 Å². The average Bonchev–Trinajstić information content (AvgIpc) is 3.49. The summed E-state index contributed by atoms with van der Waals surface area (Å²) in [6.45, 7) is 2.02. The second-order valence-corrected chi connectivity index (χ2v) is 10.6. The van der Waals surface area contributed by atoms with Crippen molar-refractivity contribution < 1.29 is 9.32 Å². The van der Waals surface area contributed by atoms with E-state index < -0.39 is 9.73 Å². The van der Waals surface area contributed by atoms with Crippen LogP contribution >= 0.6 is 11.3 Å². The summed E-state index contributed by atoms with van der Waals surface area (Å²) in [5.41, 5.74) is 1.64. The first-order valence-electron chi connectivity index (χ1n) is 9.94. The van der Waals surface area contributed by atoms with Gasteiger partial charge >= 0.3 is 0 Å². The molecular formula is C21H25N5O2S2. The largest absolute Gasteiger partial charge is 0.394 e. The molecular weight excluding hydrogens is 418 g/mol. The molecule has 2 heterocycles. The molecule has 4 N–H and O–H groups in total. The average molecular weight is 444 g/mol. The Morgan fingerprint density at radius 1 is 1.30 bits per heavy atom. The van der Waals surface area contributed by atoms with Crippen molar-refractivity contribution >= 4 is 38.5 Å². The first-order chi connectivity index (χ1) is 14.5. The molecule has 3 aromatic rings. The fourth-order valence-electron chi connectivity index (χ4n) is 3.10. The summed E-state index contributed by atoms with van der Waals surface area (Å²) in [7, 11) is -2.70. The summed E-state index contributed by atoms with van der Waals surface area (Å²) in [4.78, 5) is 10.7. The molecule has 0 amide bonds. The van der Waals surface area contributed by atoms with Crippen LogP contribution in [0.5, 0.6) is 0 Å². The lowest BCUT2D eigenvalue weighted by Gasteiger charge is -2.18. The first-order valence-corrected chi connectivity index (χ1v) is 12.4. The third-order valence-corrected chi connectivity index (χ3v) is 8.37. The number of aliphatic hydroxyl groups excluding tert-OH is 1. The third-order valence-electron chi connectivity index (χ3n) is 5.08. The van der Waals surface area contributed by atoms with Crippen LogP contribution in [0, 0.1) is 4.78 Å². The Bertz CT molecular complexity index is 1090. The Morgan fingerprint density at radius 2 is 2.07 bits per heavy atom. The minimum absolute atomic E-state index is 0.00360. The molecule has 0 saturated heterocycles. The highest BCUT2D eigenvalue weighted by Crippen LogP contribution is 2.35. The van der Waals surface area contributed by atoms with E-state index in [2.05, 4.69) is 20.6 Å². The topological polar surface area (TPSA) is 111 Å². The van der Waals surface area contributed by atoms with Crippen LogP contribution in [0.1, 0.15) is 26.2 Å². The molecule has 4 rings (SSSR count). The lowest BCUT2D eigenvalue weighted by atomic mass is 10.2. The number of hydrogen-bond donors (Lipinski definition) is 4. The zero-order chi connectivity index (χ0) is 21.1. The van der Waals surface area contributed by atoms with E-state index in [0.717, 1.165) is 35.4 Å². The van der Waals surface area contributed by atoms with Crippen molar-refractivity contribution in [2.75, 3.05) is 17.2 Å². The molecule has 1 unspecified atom stereocenters. The molecule has 1 aromatic carbocycles. The Kier molecular flexibility index (Phi) is 6.03. The second kappa shape index (κ2) is 8.71. The van der Waals surface area contributed by atoms with Gasteiger partial charge in [0.25, 0.3) is 0 Å². The number of aromatic nitrogens is 2. The molecule has 0 aliphatic heterocycles. The van der Waals surface area contributed by atoms with Gasteiger partial charge in [-0.3, -0.25) is 0 Å². The molecule has 1 saturated carbocycles. The van der Waals surface area contributed by atoms with E-state index in [-0.39, 0.29) is 17.9 Å². The van der Waals surface area contributed by atoms with Gasteiger partial charge in [0.05, 0.1) is 27.9 Å². The summed E-state index contributed by atoms with van der Waals surface area (Å²) in [6.07, 6.45) is 4.28. The van der Waals surface area contributed by atoms with Crippen molar-refractivity contribution in [3.8, 4) is 10.4 Å². The van der Waals surface area contributed by atoms with Crippen molar-refractivity contribution in [1.82, 2.24) is 9.97 Å². The van der Waals surface area contributed by atoms with Crippen LogP contribution in [0.2, 0.25) is 0 Å². The molecule has 7 nitrogen and oxygen atoms in total. The summed E-state index contributed by atoms with van der Waals surface area (Å²) in [5, 5.41) is 18.1. The third kappa shape index (κ3) is 4.48. The molecule has 9 heteroatoms. The normalized spacial score (nSPS) is 16.6. The number of rotatable bonds is 9. The van der Waals surface area contributed by atoms with Crippen LogP contribution in [0.3, 0.4) is 0 Å².